The lowest BCUT2D eigenvalue weighted by Gasteiger charge is -2.05. The highest BCUT2D eigenvalue weighted by Crippen LogP contribution is 2.13. The largest absolute Gasteiger partial charge is 0.478 e. The van der Waals surface area contributed by atoms with E-state index in [1.54, 1.807) is 24.3 Å². The molecule has 0 aliphatic rings. The maximum absolute atomic E-state index is 11.6. The first-order chi connectivity index (χ1) is 9.11. The Balaban J connectivity index is 2.56. The number of nitrogens with one attached hydrogen (secondary N) is 1. The summed E-state index contributed by atoms with van der Waals surface area (Å²) >= 11 is 0. The Kier molecular flexibility index (Phi) is 6.36. The third kappa shape index (κ3) is 6.41. The number of carbonyl (C=O) groups is 2. The van der Waals surface area contributed by atoms with Gasteiger partial charge in [0, 0.05) is 18.2 Å². The van der Waals surface area contributed by atoms with E-state index in [-0.39, 0.29) is 5.91 Å². The number of hydrogen-bond donors (Lipinski definition) is 2. The molecule has 1 aromatic carbocycles. The van der Waals surface area contributed by atoms with Gasteiger partial charge in [0.2, 0.25) is 5.91 Å². The van der Waals surface area contributed by atoms with Gasteiger partial charge in [-0.25, -0.2) is 4.79 Å². The zero-order valence-corrected chi connectivity index (χ0v) is 11.1. The Labute approximate surface area is 113 Å². The molecule has 1 aromatic rings. The first kappa shape index (κ1) is 15.0. The van der Waals surface area contributed by atoms with E-state index in [4.69, 9.17) is 5.11 Å². The number of carboxylic acids is 1. The van der Waals surface area contributed by atoms with Crippen LogP contribution >= 0.6 is 0 Å². The van der Waals surface area contributed by atoms with Crippen molar-refractivity contribution in [1.29, 1.82) is 0 Å². The highest BCUT2D eigenvalue weighted by atomic mass is 16.4. The van der Waals surface area contributed by atoms with E-state index in [1.807, 2.05) is 0 Å². The Morgan fingerprint density at radius 2 is 2.11 bits per heavy atom. The molecule has 0 radical (unpaired) electrons. The Morgan fingerprint density at radius 1 is 1.32 bits per heavy atom. The summed E-state index contributed by atoms with van der Waals surface area (Å²) in [6, 6.07) is 7.10. The van der Waals surface area contributed by atoms with Crippen molar-refractivity contribution in [1.82, 2.24) is 0 Å². The molecule has 0 spiro atoms. The predicted molar refractivity (Wildman–Crippen MR) is 75.9 cm³/mol. The van der Waals surface area contributed by atoms with Gasteiger partial charge in [0.1, 0.15) is 0 Å². The van der Waals surface area contributed by atoms with Gasteiger partial charge < -0.3 is 10.4 Å². The highest BCUT2D eigenvalue weighted by Gasteiger charge is 2.02. The molecule has 0 aromatic heterocycles. The summed E-state index contributed by atoms with van der Waals surface area (Å²) in [5.74, 6) is -0.998. The lowest BCUT2D eigenvalue weighted by atomic mass is 10.1. The number of benzene rings is 1. The van der Waals surface area contributed by atoms with Crippen molar-refractivity contribution in [3.63, 3.8) is 0 Å². The molecule has 19 heavy (non-hydrogen) atoms. The first-order valence-electron chi connectivity index (χ1n) is 6.42. The fourth-order valence-electron chi connectivity index (χ4n) is 1.65. The molecular formula is C15H19NO3. The number of anilines is 1. The number of carbonyl (C=O) groups excluding carboxylic acids is 1. The SMILES string of the molecule is CCCCCC(=O)Nc1cccc(/C=C/C(=O)O)c1. The van der Waals surface area contributed by atoms with E-state index in [1.165, 1.54) is 6.08 Å². The van der Waals surface area contributed by atoms with Crippen molar-refractivity contribution in [3.8, 4) is 0 Å². The molecule has 1 rings (SSSR count). The molecule has 4 heteroatoms. The van der Waals surface area contributed by atoms with Gasteiger partial charge >= 0.3 is 5.97 Å². The van der Waals surface area contributed by atoms with Crippen LogP contribution in [-0.4, -0.2) is 17.0 Å². The normalized spacial score (nSPS) is 10.6. The van der Waals surface area contributed by atoms with Crippen LogP contribution in [0.2, 0.25) is 0 Å². The van der Waals surface area contributed by atoms with E-state index < -0.39 is 5.97 Å². The zero-order valence-electron chi connectivity index (χ0n) is 11.1. The minimum Gasteiger partial charge on any atom is -0.478 e. The molecular weight excluding hydrogens is 242 g/mol. The molecule has 0 aliphatic carbocycles. The van der Waals surface area contributed by atoms with Gasteiger partial charge in [0.15, 0.2) is 0 Å². The lowest BCUT2D eigenvalue weighted by molar-refractivity contribution is -0.131. The van der Waals surface area contributed by atoms with Gasteiger partial charge in [-0.1, -0.05) is 31.9 Å². The second kappa shape index (κ2) is 8.08. The molecule has 0 saturated carbocycles. The Morgan fingerprint density at radius 3 is 2.79 bits per heavy atom. The fourth-order valence-corrected chi connectivity index (χ4v) is 1.65. The average molecular weight is 261 g/mol. The maximum Gasteiger partial charge on any atom is 0.328 e. The van der Waals surface area contributed by atoms with Crippen LogP contribution in [0.25, 0.3) is 6.08 Å². The van der Waals surface area contributed by atoms with Crippen LogP contribution in [0.1, 0.15) is 38.2 Å². The molecule has 0 fully saturated rings. The van der Waals surface area contributed by atoms with E-state index in [2.05, 4.69) is 12.2 Å². The van der Waals surface area contributed by atoms with Gasteiger partial charge in [0.25, 0.3) is 0 Å². The third-order valence-corrected chi connectivity index (χ3v) is 2.60. The molecule has 102 valence electrons. The van der Waals surface area contributed by atoms with Crippen LogP contribution in [0.4, 0.5) is 5.69 Å². The van der Waals surface area contributed by atoms with Gasteiger partial charge in [-0.3, -0.25) is 4.79 Å². The summed E-state index contributed by atoms with van der Waals surface area (Å²) in [6.45, 7) is 2.09. The second-order valence-corrected chi connectivity index (χ2v) is 4.30. The fraction of sp³-hybridized carbons (Fsp3) is 0.333. The topological polar surface area (TPSA) is 66.4 Å². The molecule has 0 heterocycles. The van der Waals surface area contributed by atoms with Crippen molar-refractivity contribution >= 4 is 23.6 Å². The minimum absolute atomic E-state index is 0.00665. The number of hydrogen-bond acceptors (Lipinski definition) is 2. The van der Waals surface area contributed by atoms with Gasteiger partial charge in [-0.15, -0.1) is 0 Å². The third-order valence-electron chi connectivity index (χ3n) is 2.60. The minimum atomic E-state index is -0.992. The summed E-state index contributed by atoms with van der Waals surface area (Å²) in [5, 5.41) is 11.4. The lowest BCUT2D eigenvalue weighted by Crippen LogP contribution is -2.10. The molecule has 4 nitrogen and oxygen atoms in total. The standard InChI is InChI=1S/C15H19NO3/c1-2-3-4-8-14(17)16-13-7-5-6-12(11-13)9-10-15(18)19/h5-7,9-11H,2-4,8H2,1H3,(H,16,17)(H,18,19)/b10-9+. The van der Waals surface area contributed by atoms with Crippen LogP contribution < -0.4 is 5.32 Å². The average Bonchev–Trinajstić information content (AvgIpc) is 2.37. The van der Waals surface area contributed by atoms with Crippen LogP contribution in [0, 0.1) is 0 Å². The highest BCUT2D eigenvalue weighted by molar-refractivity contribution is 5.91. The van der Waals surface area contributed by atoms with Crippen molar-refractivity contribution in [2.45, 2.75) is 32.6 Å². The molecule has 1 amide bonds. The van der Waals surface area contributed by atoms with Crippen LogP contribution in [0.15, 0.2) is 30.3 Å². The monoisotopic (exact) mass is 261 g/mol. The number of unbranched alkanes of at least 4 members (excludes halogenated alkanes) is 2. The van der Waals surface area contributed by atoms with E-state index in [9.17, 15) is 9.59 Å². The summed E-state index contributed by atoms with van der Waals surface area (Å²) < 4.78 is 0. The molecule has 2 N–H and O–H groups in total. The van der Waals surface area contributed by atoms with Gasteiger partial charge in [-0.2, -0.15) is 0 Å². The van der Waals surface area contributed by atoms with E-state index in [0.717, 1.165) is 30.9 Å². The summed E-state index contributed by atoms with van der Waals surface area (Å²) in [7, 11) is 0. The molecule has 0 aliphatic heterocycles. The van der Waals surface area contributed by atoms with Gasteiger partial charge in [-0.05, 0) is 30.2 Å². The van der Waals surface area contributed by atoms with Crippen molar-refractivity contribution < 1.29 is 14.7 Å². The molecule has 0 atom stereocenters. The van der Waals surface area contributed by atoms with Crippen LogP contribution in [0.3, 0.4) is 0 Å². The predicted octanol–water partition coefficient (Wildman–Crippen LogP) is 3.30. The molecule has 0 unspecified atom stereocenters. The molecule has 0 saturated heterocycles. The summed E-state index contributed by atoms with van der Waals surface area (Å²) in [5.41, 5.74) is 1.43. The number of aliphatic carboxylic acids is 1. The van der Waals surface area contributed by atoms with Crippen molar-refractivity contribution in [2.24, 2.45) is 0 Å². The van der Waals surface area contributed by atoms with Crippen LogP contribution in [-0.2, 0) is 9.59 Å². The first-order valence-corrected chi connectivity index (χ1v) is 6.42. The maximum atomic E-state index is 11.6. The summed E-state index contributed by atoms with van der Waals surface area (Å²) in [4.78, 5) is 22.1. The zero-order chi connectivity index (χ0) is 14.1. The van der Waals surface area contributed by atoms with Gasteiger partial charge in [0.05, 0.1) is 0 Å². The number of carboxylic acid groups (broad SMARTS) is 1. The van der Waals surface area contributed by atoms with E-state index in [0.29, 0.717) is 12.1 Å². The van der Waals surface area contributed by atoms with Crippen molar-refractivity contribution in [2.75, 3.05) is 5.32 Å². The van der Waals surface area contributed by atoms with E-state index >= 15 is 0 Å². The molecule has 0 bridgehead atoms. The second-order valence-electron chi connectivity index (χ2n) is 4.30. The number of amides is 1. The smallest absolute Gasteiger partial charge is 0.328 e. The Bertz CT molecular complexity index is 466. The Hall–Kier alpha value is -2.10. The van der Waals surface area contributed by atoms with Crippen LogP contribution in [0.5, 0.6) is 0 Å². The van der Waals surface area contributed by atoms with Crippen molar-refractivity contribution in [3.05, 3.63) is 35.9 Å². The number of rotatable bonds is 7. The quantitative estimate of drug-likeness (QED) is 0.584. The summed E-state index contributed by atoms with van der Waals surface area (Å²) in [6.07, 6.45) is 6.11.